The number of nitrogens with one attached hydrogen (secondary N) is 1. The fourth-order valence-corrected chi connectivity index (χ4v) is 3.90. The van der Waals surface area contributed by atoms with Crippen LogP contribution >= 0.6 is 0 Å². The summed E-state index contributed by atoms with van der Waals surface area (Å²) in [6, 6.07) is 3.94. The van der Waals surface area contributed by atoms with Crippen molar-refractivity contribution in [1.82, 2.24) is 10.3 Å². The Kier molecular flexibility index (Phi) is 5.14. The van der Waals surface area contributed by atoms with Crippen molar-refractivity contribution in [1.29, 1.82) is 0 Å². The van der Waals surface area contributed by atoms with E-state index < -0.39 is 6.10 Å². The first-order chi connectivity index (χ1) is 11.1. The smallest absolute Gasteiger partial charge is 0.0897 e. The minimum atomic E-state index is -0.469. The molecular formula is C19H28N2O2. The van der Waals surface area contributed by atoms with Crippen molar-refractivity contribution in [2.45, 2.75) is 39.3 Å². The highest BCUT2D eigenvalue weighted by atomic mass is 16.5. The minimum Gasteiger partial charge on any atom is -0.389 e. The van der Waals surface area contributed by atoms with E-state index in [4.69, 9.17) is 4.74 Å². The molecule has 0 radical (unpaired) electrons. The summed E-state index contributed by atoms with van der Waals surface area (Å²) in [6.07, 6.45) is 7.96. The summed E-state index contributed by atoms with van der Waals surface area (Å²) in [4.78, 5) is 3.99. The fraction of sp³-hybridized carbons (Fsp3) is 0.632. The first-order valence-corrected chi connectivity index (χ1v) is 8.61. The molecule has 4 rings (SSSR count). The Morgan fingerprint density at radius 3 is 2.87 bits per heavy atom. The summed E-state index contributed by atoms with van der Waals surface area (Å²) in [5, 5.41) is 13.3. The maximum Gasteiger partial charge on any atom is 0.0897 e. The molecule has 2 N–H and O–H groups in total. The van der Waals surface area contributed by atoms with Crippen LogP contribution in [0.15, 0.2) is 36.2 Å². The van der Waals surface area contributed by atoms with E-state index in [1.54, 1.807) is 12.4 Å². The molecule has 3 aliphatic rings. The van der Waals surface area contributed by atoms with E-state index in [-0.39, 0.29) is 0 Å². The molecule has 4 heteroatoms. The summed E-state index contributed by atoms with van der Waals surface area (Å²) < 4.78 is 5.76. The Labute approximate surface area is 139 Å². The predicted octanol–water partition coefficient (Wildman–Crippen LogP) is 2.54. The quantitative estimate of drug-likeness (QED) is 0.724. The van der Waals surface area contributed by atoms with Crippen LogP contribution in [0.25, 0.3) is 0 Å². The molecule has 3 atom stereocenters. The van der Waals surface area contributed by atoms with Crippen molar-refractivity contribution < 1.29 is 9.84 Å². The molecule has 1 heterocycles. The first-order valence-electron chi connectivity index (χ1n) is 8.61. The molecule has 1 fully saturated rings. The Morgan fingerprint density at radius 1 is 1.39 bits per heavy atom. The Morgan fingerprint density at radius 2 is 2.17 bits per heavy atom. The molecule has 0 spiro atoms. The average molecular weight is 316 g/mol. The molecule has 4 nitrogen and oxygen atoms in total. The van der Waals surface area contributed by atoms with Gasteiger partial charge in [-0.1, -0.05) is 19.9 Å². The van der Waals surface area contributed by atoms with Gasteiger partial charge in [-0.2, -0.15) is 0 Å². The Balaban J connectivity index is 1.32. The molecule has 0 saturated heterocycles. The second-order valence-electron chi connectivity index (χ2n) is 7.48. The number of fused-ring (bicyclic) bond motifs is 1. The number of aromatic nitrogens is 1. The zero-order chi connectivity index (χ0) is 16.3. The highest BCUT2D eigenvalue weighted by Crippen LogP contribution is 2.59. The summed E-state index contributed by atoms with van der Waals surface area (Å²) in [7, 11) is 0. The van der Waals surface area contributed by atoms with Gasteiger partial charge in [0.1, 0.15) is 0 Å². The number of aliphatic hydroxyl groups is 1. The number of hydrogen-bond donors (Lipinski definition) is 2. The molecule has 0 unspecified atom stereocenters. The number of pyridine rings is 1. The predicted molar refractivity (Wildman–Crippen MR) is 90.8 cm³/mol. The van der Waals surface area contributed by atoms with Gasteiger partial charge in [0, 0.05) is 25.5 Å². The lowest BCUT2D eigenvalue weighted by molar-refractivity contribution is -0.0235. The zero-order valence-corrected chi connectivity index (χ0v) is 14.2. The van der Waals surface area contributed by atoms with E-state index in [2.05, 4.69) is 30.2 Å². The lowest BCUT2D eigenvalue weighted by Crippen LogP contribution is -2.48. The van der Waals surface area contributed by atoms with Crippen molar-refractivity contribution in [2.24, 2.45) is 17.3 Å². The normalized spacial score (nSPS) is 26.3. The van der Waals surface area contributed by atoms with Crippen molar-refractivity contribution in [2.75, 3.05) is 19.8 Å². The molecule has 0 aliphatic heterocycles. The van der Waals surface area contributed by atoms with E-state index in [1.807, 2.05) is 12.1 Å². The van der Waals surface area contributed by atoms with Crippen LogP contribution in [0.3, 0.4) is 0 Å². The summed E-state index contributed by atoms with van der Waals surface area (Å²) >= 11 is 0. The van der Waals surface area contributed by atoms with E-state index in [9.17, 15) is 5.11 Å². The van der Waals surface area contributed by atoms with Crippen LogP contribution in [-0.2, 0) is 11.3 Å². The van der Waals surface area contributed by atoms with E-state index in [0.717, 1.165) is 12.5 Å². The van der Waals surface area contributed by atoms with Crippen molar-refractivity contribution in [3.05, 3.63) is 41.7 Å². The summed E-state index contributed by atoms with van der Waals surface area (Å²) in [5.41, 5.74) is 3.05. The largest absolute Gasteiger partial charge is 0.389 e. The van der Waals surface area contributed by atoms with Crippen molar-refractivity contribution in [3.8, 4) is 0 Å². The monoisotopic (exact) mass is 316 g/mol. The number of nitrogens with zero attached hydrogens (tertiary/aromatic N) is 1. The lowest BCUT2D eigenvalue weighted by Gasteiger charge is -2.56. The van der Waals surface area contributed by atoms with Crippen LogP contribution in [0.1, 0.15) is 32.3 Å². The maximum atomic E-state index is 10.0. The molecule has 1 aromatic rings. The van der Waals surface area contributed by atoms with Gasteiger partial charge in [0.25, 0.3) is 0 Å². The maximum absolute atomic E-state index is 10.0. The van der Waals surface area contributed by atoms with Gasteiger partial charge in [0.2, 0.25) is 0 Å². The van der Waals surface area contributed by atoms with E-state index in [1.165, 1.54) is 24.0 Å². The van der Waals surface area contributed by atoms with Gasteiger partial charge in [-0.05, 0) is 53.4 Å². The van der Waals surface area contributed by atoms with Crippen LogP contribution in [0.2, 0.25) is 0 Å². The van der Waals surface area contributed by atoms with E-state index >= 15 is 0 Å². The summed E-state index contributed by atoms with van der Waals surface area (Å²) in [6.45, 7) is 7.08. The third kappa shape index (κ3) is 3.82. The molecule has 0 amide bonds. The van der Waals surface area contributed by atoms with Gasteiger partial charge in [0.05, 0.1) is 19.3 Å². The second-order valence-corrected chi connectivity index (χ2v) is 7.48. The number of hydrogen-bond acceptors (Lipinski definition) is 4. The molecule has 1 saturated carbocycles. The standard InChI is InChI=1S/C19H28N2O2/c1-19(2)16-4-3-15(18(19)9-16)12-23-13-17(22)11-21-10-14-5-7-20-8-6-14/h3,5-8,16-18,21-22H,4,9-13H2,1-2H3/t16-,17+,18+/m0/s1. The lowest BCUT2D eigenvalue weighted by atomic mass is 9.49. The van der Waals surface area contributed by atoms with Crippen LogP contribution < -0.4 is 5.32 Å². The number of rotatable bonds is 8. The van der Waals surface area contributed by atoms with Crippen molar-refractivity contribution >= 4 is 0 Å². The summed E-state index contributed by atoms with van der Waals surface area (Å²) in [5.74, 6) is 1.54. The molecule has 126 valence electrons. The fourth-order valence-electron chi connectivity index (χ4n) is 3.90. The zero-order valence-electron chi connectivity index (χ0n) is 14.2. The van der Waals surface area contributed by atoms with E-state index in [0.29, 0.717) is 31.1 Å². The first kappa shape index (κ1) is 16.6. The van der Waals surface area contributed by atoms with Crippen molar-refractivity contribution in [3.63, 3.8) is 0 Å². The highest BCUT2D eigenvalue weighted by molar-refractivity contribution is 5.23. The van der Waals surface area contributed by atoms with Crippen LogP contribution in [0, 0.1) is 17.3 Å². The SMILES string of the molecule is CC1(C)[C@H]2CC=C(COC[C@H](O)CNCc3ccncc3)[C@H]1C2. The van der Waals surface area contributed by atoms with Gasteiger partial charge in [-0.15, -0.1) is 0 Å². The van der Waals surface area contributed by atoms with Gasteiger partial charge >= 0.3 is 0 Å². The van der Waals surface area contributed by atoms with Gasteiger partial charge < -0.3 is 15.2 Å². The van der Waals surface area contributed by atoms with Crippen LogP contribution in [0.4, 0.5) is 0 Å². The minimum absolute atomic E-state index is 0.386. The van der Waals surface area contributed by atoms with Gasteiger partial charge in [-0.3, -0.25) is 4.98 Å². The molecular weight excluding hydrogens is 288 g/mol. The highest BCUT2D eigenvalue weighted by Gasteiger charge is 2.50. The molecule has 1 aromatic heterocycles. The topological polar surface area (TPSA) is 54.4 Å². The van der Waals surface area contributed by atoms with Crippen LogP contribution in [0.5, 0.6) is 0 Å². The second kappa shape index (κ2) is 7.12. The van der Waals surface area contributed by atoms with Gasteiger partial charge in [0.15, 0.2) is 0 Å². The number of aliphatic hydroxyl groups excluding tert-OH is 1. The molecule has 3 aliphatic carbocycles. The van der Waals surface area contributed by atoms with Gasteiger partial charge in [-0.25, -0.2) is 0 Å². The Hall–Kier alpha value is -1.23. The molecule has 0 aromatic carbocycles. The third-order valence-electron chi connectivity index (χ3n) is 5.62. The molecule has 2 bridgehead atoms. The number of allylic oxidation sites excluding steroid dienone is 1. The molecule has 23 heavy (non-hydrogen) atoms. The van der Waals surface area contributed by atoms with Crippen LogP contribution in [-0.4, -0.2) is 36.0 Å². The number of ether oxygens (including phenoxy) is 1. The Bertz CT molecular complexity index is 542. The third-order valence-corrected chi connectivity index (χ3v) is 5.62. The average Bonchev–Trinajstić information content (AvgIpc) is 2.56.